The van der Waals surface area contributed by atoms with Crippen LogP contribution >= 0.6 is 0 Å². The van der Waals surface area contributed by atoms with Crippen molar-refractivity contribution < 1.29 is 19.1 Å². The van der Waals surface area contributed by atoms with Gasteiger partial charge < -0.3 is 5.11 Å². The van der Waals surface area contributed by atoms with Crippen LogP contribution in [0.15, 0.2) is 36.4 Å². The molecular weight excluding hydrogens is 187 g/mol. The first kappa shape index (κ1) is 10.1. The van der Waals surface area contributed by atoms with E-state index in [-0.39, 0.29) is 5.56 Å². The monoisotopic (exact) mass is 194 g/mol. The third-order valence-electron chi connectivity index (χ3n) is 1.62. The Morgan fingerprint density at radius 3 is 2.50 bits per heavy atom. The highest BCUT2D eigenvalue weighted by Crippen LogP contribution is 2.08. The van der Waals surface area contributed by atoms with Crippen molar-refractivity contribution in [3.05, 3.63) is 47.8 Å². The average Bonchev–Trinajstić information content (AvgIpc) is 2.15. The molecule has 0 aromatic heterocycles. The second kappa shape index (κ2) is 3.83. The summed E-state index contributed by atoms with van der Waals surface area (Å²) in [5.74, 6) is -2.77. The second-order valence-electron chi connectivity index (χ2n) is 2.62. The quantitative estimate of drug-likeness (QED) is 0.344. The molecular formula is C10H7FO3. The molecule has 1 aromatic rings. The van der Waals surface area contributed by atoms with E-state index in [1.165, 1.54) is 18.2 Å². The molecule has 1 aromatic carbocycles. The molecule has 0 aliphatic rings. The van der Waals surface area contributed by atoms with Gasteiger partial charge in [0.2, 0.25) is 0 Å². The first-order valence-electron chi connectivity index (χ1n) is 3.75. The van der Waals surface area contributed by atoms with Crippen molar-refractivity contribution in [2.75, 3.05) is 0 Å². The molecule has 0 aliphatic heterocycles. The topological polar surface area (TPSA) is 54.4 Å². The molecule has 14 heavy (non-hydrogen) atoms. The van der Waals surface area contributed by atoms with Gasteiger partial charge in [-0.2, -0.15) is 0 Å². The van der Waals surface area contributed by atoms with Gasteiger partial charge in [0, 0.05) is 5.56 Å². The fraction of sp³-hybridized carbons (Fsp3) is 0. The first-order valence-corrected chi connectivity index (χ1v) is 3.75. The van der Waals surface area contributed by atoms with Gasteiger partial charge in [-0.1, -0.05) is 18.7 Å². The molecule has 0 unspecified atom stereocenters. The SMILES string of the molecule is C=C(C(=O)O)C(=O)c1cccc(F)c1. The summed E-state index contributed by atoms with van der Waals surface area (Å²) in [5.41, 5.74) is -0.590. The van der Waals surface area contributed by atoms with Crippen LogP contribution in [0.3, 0.4) is 0 Å². The van der Waals surface area contributed by atoms with Gasteiger partial charge in [0.1, 0.15) is 11.4 Å². The van der Waals surface area contributed by atoms with Gasteiger partial charge in [-0.05, 0) is 12.1 Å². The summed E-state index contributed by atoms with van der Waals surface area (Å²) >= 11 is 0. The molecule has 4 heteroatoms. The number of benzene rings is 1. The Bertz CT molecular complexity index is 410. The third kappa shape index (κ3) is 2.04. The lowest BCUT2D eigenvalue weighted by Crippen LogP contribution is -2.11. The maximum absolute atomic E-state index is 12.7. The fourth-order valence-corrected chi connectivity index (χ4v) is 0.901. The summed E-state index contributed by atoms with van der Waals surface area (Å²) < 4.78 is 12.7. The van der Waals surface area contributed by atoms with Crippen LogP contribution in [0.2, 0.25) is 0 Å². The van der Waals surface area contributed by atoms with E-state index < -0.39 is 23.1 Å². The van der Waals surface area contributed by atoms with E-state index in [4.69, 9.17) is 5.11 Å². The molecule has 0 aliphatic carbocycles. The van der Waals surface area contributed by atoms with Crippen molar-refractivity contribution in [1.29, 1.82) is 0 Å². The summed E-state index contributed by atoms with van der Waals surface area (Å²) in [5, 5.41) is 8.47. The molecule has 0 saturated carbocycles. The number of hydrogen-bond donors (Lipinski definition) is 1. The highest BCUT2D eigenvalue weighted by Gasteiger charge is 2.16. The van der Waals surface area contributed by atoms with Gasteiger partial charge in [0.25, 0.3) is 0 Å². The molecule has 0 spiro atoms. The Labute approximate surface area is 79.5 Å². The highest BCUT2D eigenvalue weighted by atomic mass is 19.1. The minimum Gasteiger partial charge on any atom is -0.478 e. The van der Waals surface area contributed by atoms with E-state index in [9.17, 15) is 14.0 Å². The van der Waals surface area contributed by atoms with Gasteiger partial charge in [-0.3, -0.25) is 4.79 Å². The van der Waals surface area contributed by atoms with Crippen LogP contribution in [-0.2, 0) is 4.79 Å². The zero-order valence-corrected chi connectivity index (χ0v) is 7.16. The van der Waals surface area contributed by atoms with Gasteiger partial charge in [-0.25, -0.2) is 9.18 Å². The largest absolute Gasteiger partial charge is 0.478 e. The summed E-state index contributed by atoms with van der Waals surface area (Å²) in [4.78, 5) is 21.7. The fourth-order valence-electron chi connectivity index (χ4n) is 0.901. The number of halogens is 1. The van der Waals surface area contributed by atoms with Crippen LogP contribution in [0.4, 0.5) is 4.39 Å². The minimum atomic E-state index is -1.40. The second-order valence-corrected chi connectivity index (χ2v) is 2.62. The molecule has 0 radical (unpaired) electrons. The van der Waals surface area contributed by atoms with Gasteiger partial charge in [0.05, 0.1) is 0 Å². The minimum absolute atomic E-state index is 0.0163. The van der Waals surface area contributed by atoms with Crippen molar-refractivity contribution in [1.82, 2.24) is 0 Å². The van der Waals surface area contributed by atoms with Crippen molar-refractivity contribution in [3.8, 4) is 0 Å². The van der Waals surface area contributed by atoms with Gasteiger partial charge in [-0.15, -0.1) is 0 Å². The number of carboxylic acid groups (broad SMARTS) is 1. The van der Waals surface area contributed by atoms with E-state index in [1.54, 1.807) is 0 Å². The molecule has 0 fully saturated rings. The normalized spacial score (nSPS) is 9.50. The molecule has 0 bridgehead atoms. The number of hydrogen-bond acceptors (Lipinski definition) is 2. The van der Waals surface area contributed by atoms with E-state index in [0.717, 1.165) is 6.07 Å². The van der Waals surface area contributed by atoms with E-state index >= 15 is 0 Å². The van der Waals surface area contributed by atoms with E-state index in [0.29, 0.717) is 0 Å². The van der Waals surface area contributed by atoms with Crippen molar-refractivity contribution in [2.24, 2.45) is 0 Å². The smallest absolute Gasteiger partial charge is 0.339 e. The Balaban J connectivity index is 3.01. The predicted molar refractivity (Wildman–Crippen MR) is 47.5 cm³/mol. The lowest BCUT2D eigenvalue weighted by atomic mass is 10.1. The molecule has 0 amide bonds. The number of Topliss-reactive ketones (excluding diaryl/α,β-unsaturated/α-hetero) is 1. The molecule has 1 N–H and O–H groups in total. The summed E-state index contributed by atoms with van der Waals surface area (Å²) in [6.45, 7) is 3.09. The number of rotatable bonds is 3. The van der Waals surface area contributed by atoms with Crippen molar-refractivity contribution in [2.45, 2.75) is 0 Å². The summed E-state index contributed by atoms with van der Waals surface area (Å²) in [6, 6.07) is 4.80. The standard InChI is InChI=1S/C10H7FO3/c1-6(10(13)14)9(12)7-3-2-4-8(11)5-7/h2-5H,1H2,(H,13,14). The summed E-state index contributed by atoms with van der Waals surface area (Å²) in [6.07, 6.45) is 0. The van der Waals surface area contributed by atoms with Crippen LogP contribution in [0.1, 0.15) is 10.4 Å². The Hall–Kier alpha value is -1.97. The molecule has 0 heterocycles. The van der Waals surface area contributed by atoms with Crippen LogP contribution in [-0.4, -0.2) is 16.9 Å². The molecule has 0 saturated heterocycles. The van der Waals surface area contributed by atoms with Crippen molar-refractivity contribution >= 4 is 11.8 Å². The molecule has 1 rings (SSSR count). The lowest BCUT2D eigenvalue weighted by molar-refractivity contribution is -0.132. The highest BCUT2D eigenvalue weighted by molar-refractivity contribution is 6.23. The van der Waals surface area contributed by atoms with Crippen LogP contribution in [0.25, 0.3) is 0 Å². The molecule has 0 atom stereocenters. The number of carbonyl (C=O) groups is 2. The zero-order valence-electron chi connectivity index (χ0n) is 7.16. The van der Waals surface area contributed by atoms with Gasteiger partial charge >= 0.3 is 5.97 Å². The van der Waals surface area contributed by atoms with E-state index in [2.05, 4.69) is 6.58 Å². The Morgan fingerprint density at radius 2 is 2.00 bits per heavy atom. The molecule has 3 nitrogen and oxygen atoms in total. The number of ketones is 1. The maximum Gasteiger partial charge on any atom is 0.339 e. The van der Waals surface area contributed by atoms with Crippen LogP contribution < -0.4 is 0 Å². The Morgan fingerprint density at radius 1 is 1.36 bits per heavy atom. The molecule has 72 valence electrons. The van der Waals surface area contributed by atoms with E-state index in [1.807, 2.05) is 0 Å². The average molecular weight is 194 g/mol. The van der Waals surface area contributed by atoms with Crippen molar-refractivity contribution in [3.63, 3.8) is 0 Å². The van der Waals surface area contributed by atoms with Gasteiger partial charge in [0.15, 0.2) is 5.78 Å². The first-order chi connectivity index (χ1) is 6.52. The maximum atomic E-state index is 12.7. The zero-order chi connectivity index (χ0) is 10.7. The van der Waals surface area contributed by atoms with Crippen LogP contribution in [0, 0.1) is 5.82 Å². The van der Waals surface area contributed by atoms with Crippen LogP contribution in [0.5, 0.6) is 0 Å². The summed E-state index contributed by atoms with van der Waals surface area (Å²) in [7, 11) is 0. The lowest BCUT2D eigenvalue weighted by Gasteiger charge is -1.99. The number of aliphatic carboxylic acids is 1. The number of carboxylic acids is 1. The number of carbonyl (C=O) groups excluding carboxylic acids is 1. The predicted octanol–water partition coefficient (Wildman–Crippen LogP) is 1.65. The third-order valence-corrected chi connectivity index (χ3v) is 1.62. The Kier molecular flexibility index (Phi) is 2.76.